The number of rotatable bonds is 3. The Bertz CT molecular complexity index is 66.8. The van der Waals surface area contributed by atoms with Crippen LogP contribution in [0.15, 0.2) is 12.2 Å². The molecule has 0 radical (unpaired) electrons. The second-order valence-corrected chi connectivity index (χ2v) is 1.87. The van der Waals surface area contributed by atoms with E-state index in [2.05, 4.69) is 0 Å². The van der Waals surface area contributed by atoms with Crippen LogP contribution in [0.4, 0.5) is 0 Å². The average molecular weight is 114 g/mol. The van der Waals surface area contributed by atoms with Crippen molar-refractivity contribution in [3.8, 4) is 0 Å². The molecule has 0 spiro atoms. The van der Waals surface area contributed by atoms with E-state index in [1.807, 2.05) is 26.0 Å². The lowest BCUT2D eigenvalue weighted by molar-refractivity contribution is 0.173. The molecule has 1 N–H and O–H groups in total. The minimum absolute atomic E-state index is 0.133. The number of aliphatic hydroxyl groups is 1. The van der Waals surface area contributed by atoms with E-state index in [4.69, 9.17) is 5.11 Å². The second-order valence-electron chi connectivity index (χ2n) is 1.87. The van der Waals surface area contributed by atoms with E-state index >= 15 is 0 Å². The van der Waals surface area contributed by atoms with E-state index < -0.39 is 0 Å². The summed E-state index contributed by atoms with van der Waals surface area (Å²) in [6.07, 6.45) is 5.45. The van der Waals surface area contributed by atoms with Gasteiger partial charge in [-0.1, -0.05) is 19.1 Å². The quantitative estimate of drug-likeness (QED) is 0.554. The molecule has 1 heteroatoms. The van der Waals surface area contributed by atoms with Crippen LogP contribution in [0.3, 0.4) is 0 Å². The van der Waals surface area contributed by atoms with Crippen molar-refractivity contribution in [1.82, 2.24) is 0 Å². The highest BCUT2D eigenvalue weighted by molar-refractivity contribution is 4.79. The highest BCUT2D eigenvalue weighted by Gasteiger charge is 1.93. The standard InChI is InChI=1S/C7H14O/c1-3-5-6-7(8)4-2/h3,5,7-8H,4,6H2,1-2H3/b5-3-. The maximum Gasteiger partial charge on any atom is 0.0572 e. The van der Waals surface area contributed by atoms with Crippen LogP contribution in [0.2, 0.25) is 0 Å². The van der Waals surface area contributed by atoms with Gasteiger partial charge in [0.1, 0.15) is 0 Å². The van der Waals surface area contributed by atoms with Crippen molar-refractivity contribution in [2.75, 3.05) is 0 Å². The Labute approximate surface area is 51.0 Å². The van der Waals surface area contributed by atoms with Crippen molar-refractivity contribution in [3.63, 3.8) is 0 Å². The molecule has 0 saturated carbocycles. The molecule has 1 nitrogen and oxygen atoms in total. The van der Waals surface area contributed by atoms with E-state index in [-0.39, 0.29) is 6.10 Å². The highest BCUT2D eigenvalue weighted by Crippen LogP contribution is 1.96. The van der Waals surface area contributed by atoms with Gasteiger partial charge in [0.05, 0.1) is 6.10 Å². The normalized spacial score (nSPS) is 14.9. The SMILES string of the molecule is C/C=C\CC(O)CC. The molecule has 1 unspecified atom stereocenters. The summed E-state index contributed by atoms with van der Waals surface area (Å²) in [4.78, 5) is 0. The molecular weight excluding hydrogens is 100 g/mol. The minimum Gasteiger partial charge on any atom is -0.393 e. The van der Waals surface area contributed by atoms with Crippen LogP contribution in [0.1, 0.15) is 26.7 Å². The third-order valence-electron chi connectivity index (χ3n) is 1.12. The fourth-order valence-electron chi connectivity index (χ4n) is 0.460. The van der Waals surface area contributed by atoms with Gasteiger partial charge in [-0.15, -0.1) is 0 Å². The largest absolute Gasteiger partial charge is 0.393 e. The zero-order valence-electron chi connectivity index (χ0n) is 5.59. The first-order chi connectivity index (χ1) is 3.81. The van der Waals surface area contributed by atoms with Gasteiger partial charge in [-0.25, -0.2) is 0 Å². The third kappa shape index (κ3) is 3.88. The molecule has 1 atom stereocenters. The van der Waals surface area contributed by atoms with Crippen molar-refractivity contribution in [3.05, 3.63) is 12.2 Å². The van der Waals surface area contributed by atoms with E-state index in [0.717, 1.165) is 12.8 Å². The van der Waals surface area contributed by atoms with Crippen molar-refractivity contribution >= 4 is 0 Å². The molecule has 0 fully saturated rings. The lowest BCUT2D eigenvalue weighted by Gasteiger charge is -2.00. The Morgan fingerprint density at radius 3 is 2.62 bits per heavy atom. The number of allylic oxidation sites excluding steroid dienone is 1. The van der Waals surface area contributed by atoms with Crippen molar-refractivity contribution in [2.24, 2.45) is 0 Å². The highest BCUT2D eigenvalue weighted by atomic mass is 16.3. The molecule has 0 aliphatic carbocycles. The summed E-state index contributed by atoms with van der Waals surface area (Å²) >= 11 is 0. The summed E-state index contributed by atoms with van der Waals surface area (Å²) in [5.41, 5.74) is 0. The van der Waals surface area contributed by atoms with Crippen LogP contribution in [0, 0.1) is 0 Å². The molecular formula is C7H14O. The Morgan fingerprint density at radius 2 is 2.25 bits per heavy atom. The van der Waals surface area contributed by atoms with E-state index in [1.54, 1.807) is 0 Å². The van der Waals surface area contributed by atoms with Crippen molar-refractivity contribution in [1.29, 1.82) is 0 Å². The van der Waals surface area contributed by atoms with Gasteiger partial charge in [0, 0.05) is 0 Å². The monoisotopic (exact) mass is 114 g/mol. The molecule has 8 heavy (non-hydrogen) atoms. The van der Waals surface area contributed by atoms with E-state index in [1.165, 1.54) is 0 Å². The Morgan fingerprint density at radius 1 is 1.62 bits per heavy atom. The first kappa shape index (κ1) is 7.70. The van der Waals surface area contributed by atoms with Crippen LogP contribution < -0.4 is 0 Å². The summed E-state index contributed by atoms with van der Waals surface area (Å²) in [5, 5.41) is 8.94. The Hall–Kier alpha value is -0.300. The summed E-state index contributed by atoms with van der Waals surface area (Å²) in [7, 11) is 0. The van der Waals surface area contributed by atoms with Gasteiger partial charge in [0.2, 0.25) is 0 Å². The molecule has 0 aromatic rings. The van der Waals surface area contributed by atoms with Gasteiger partial charge >= 0.3 is 0 Å². The van der Waals surface area contributed by atoms with Crippen LogP contribution >= 0.6 is 0 Å². The van der Waals surface area contributed by atoms with Crippen LogP contribution in [0.5, 0.6) is 0 Å². The van der Waals surface area contributed by atoms with Crippen LogP contribution in [-0.2, 0) is 0 Å². The van der Waals surface area contributed by atoms with Gasteiger partial charge in [-0.3, -0.25) is 0 Å². The van der Waals surface area contributed by atoms with Crippen LogP contribution in [-0.4, -0.2) is 11.2 Å². The van der Waals surface area contributed by atoms with Gasteiger partial charge in [-0.2, -0.15) is 0 Å². The molecule has 0 aromatic heterocycles. The molecule has 0 heterocycles. The van der Waals surface area contributed by atoms with Crippen LogP contribution in [0.25, 0.3) is 0 Å². The predicted molar refractivity (Wildman–Crippen MR) is 35.7 cm³/mol. The minimum atomic E-state index is -0.133. The van der Waals surface area contributed by atoms with Crippen molar-refractivity contribution in [2.45, 2.75) is 32.8 Å². The number of hydrogen-bond acceptors (Lipinski definition) is 1. The second kappa shape index (κ2) is 4.85. The van der Waals surface area contributed by atoms with Gasteiger partial charge in [0.15, 0.2) is 0 Å². The van der Waals surface area contributed by atoms with Gasteiger partial charge < -0.3 is 5.11 Å². The zero-order chi connectivity index (χ0) is 6.41. The molecule has 0 amide bonds. The van der Waals surface area contributed by atoms with Gasteiger partial charge in [0.25, 0.3) is 0 Å². The first-order valence-corrected chi connectivity index (χ1v) is 3.10. The predicted octanol–water partition coefficient (Wildman–Crippen LogP) is 1.72. The smallest absolute Gasteiger partial charge is 0.0572 e. The lowest BCUT2D eigenvalue weighted by atomic mass is 10.2. The van der Waals surface area contributed by atoms with Crippen molar-refractivity contribution < 1.29 is 5.11 Å². The average Bonchev–Trinajstić information content (AvgIpc) is 1.83. The Kier molecular flexibility index (Phi) is 4.67. The Balaban J connectivity index is 3.10. The third-order valence-corrected chi connectivity index (χ3v) is 1.12. The summed E-state index contributed by atoms with van der Waals surface area (Å²) in [6.45, 7) is 3.94. The topological polar surface area (TPSA) is 20.2 Å². The molecule has 0 saturated heterocycles. The molecule has 0 rings (SSSR count). The molecule has 0 aliphatic rings. The summed E-state index contributed by atoms with van der Waals surface area (Å²) in [5.74, 6) is 0. The summed E-state index contributed by atoms with van der Waals surface area (Å²) < 4.78 is 0. The van der Waals surface area contributed by atoms with E-state index in [9.17, 15) is 0 Å². The first-order valence-electron chi connectivity index (χ1n) is 3.10. The molecule has 48 valence electrons. The maximum atomic E-state index is 8.94. The fourth-order valence-corrected chi connectivity index (χ4v) is 0.460. The number of hydrogen-bond donors (Lipinski definition) is 1. The fraction of sp³-hybridized carbons (Fsp3) is 0.714. The van der Waals surface area contributed by atoms with E-state index in [0.29, 0.717) is 0 Å². The molecule has 0 bridgehead atoms. The zero-order valence-corrected chi connectivity index (χ0v) is 5.59. The number of aliphatic hydroxyl groups excluding tert-OH is 1. The maximum absolute atomic E-state index is 8.94. The lowest BCUT2D eigenvalue weighted by Crippen LogP contribution is -2.00. The van der Waals surface area contributed by atoms with Gasteiger partial charge in [-0.05, 0) is 19.8 Å². The molecule has 0 aliphatic heterocycles. The molecule has 0 aromatic carbocycles. The summed E-state index contributed by atoms with van der Waals surface area (Å²) in [6, 6.07) is 0.